The van der Waals surface area contributed by atoms with E-state index in [-0.39, 0.29) is 49.4 Å². The van der Waals surface area contributed by atoms with Gasteiger partial charge >= 0.3 is 39.5 Å². The summed E-state index contributed by atoms with van der Waals surface area (Å²) in [5.74, 6) is -4.97. The van der Waals surface area contributed by atoms with E-state index in [9.17, 15) is 37.9 Å². The van der Waals surface area contributed by atoms with Crippen LogP contribution >= 0.6 is 27.0 Å². The van der Waals surface area contributed by atoms with Crippen LogP contribution in [0.1, 0.15) is 65.5 Å². The molecule has 26 heteroatoms. The van der Waals surface area contributed by atoms with Gasteiger partial charge in [-0.25, -0.2) is 37.7 Å². The number of hydrogen-bond acceptors (Lipinski definition) is 22. The Labute approximate surface area is 329 Å². The summed E-state index contributed by atoms with van der Waals surface area (Å²) in [5.41, 5.74) is -0.847. The van der Waals surface area contributed by atoms with Crippen molar-refractivity contribution in [2.45, 2.75) is 58.7 Å². The van der Waals surface area contributed by atoms with Gasteiger partial charge in [0.15, 0.2) is 18.6 Å². The highest BCUT2D eigenvalue weighted by atomic mass is 32.1. The number of nitrogens with one attached hydrogen (secondary N) is 2. The van der Waals surface area contributed by atoms with E-state index in [0.717, 1.165) is 23.9 Å². The van der Waals surface area contributed by atoms with Crippen LogP contribution in [0.5, 0.6) is 0 Å². The first-order valence-corrected chi connectivity index (χ1v) is 20.7. The van der Waals surface area contributed by atoms with E-state index in [2.05, 4.69) is 30.1 Å². The molecule has 0 aliphatic carbocycles. The Morgan fingerprint density at radius 1 is 0.825 bits per heavy atom. The lowest BCUT2D eigenvalue weighted by atomic mass is 9.72. The number of hydrogen-bond donors (Lipinski definition) is 2. The summed E-state index contributed by atoms with van der Waals surface area (Å²) in [6.45, 7) is 1.63. The minimum absolute atomic E-state index is 0.0448. The summed E-state index contributed by atoms with van der Waals surface area (Å²) >= 11 is 1.02. The number of nitrogens with zero attached hydrogens (tertiary/aromatic N) is 2. The van der Waals surface area contributed by atoms with E-state index in [1.165, 1.54) is 19.7 Å². The van der Waals surface area contributed by atoms with Crippen molar-refractivity contribution in [3.8, 4) is 0 Å². The highest BCUT2D eigenvalue weighted by Gasteiger charge is 2.55. The van der Waals surface area contributed by atoms with Crippen molar-refractivity contribution in [3.63, 3.8) is 0 Å². The first-order valence-electron chi connectivity index (χ1n) is 16.9. The van der Waals surface area contributed by atoms with E-state index in [1.807, 2.05) is 0 Å². The average Bonchev–Trinajstić information content (AvgIpc) is 3.89. The largest absolute Gasteiger partial charge is 0.478 e. The lowest BCUT2D eigenvalue weighted by molar-refractivity contribution is -0.152. The first kappa shape index (κ1) is 45.6. The quantitative estimate of drug-likeness (QED) is 0.0887. The number of methoxy groups -OCH3 is 2. The zero-order valence-corrected chi connectivity index (χ0v) is 34.0. The van der Waals surface area contributed by atoms with Crippen LogP contribution in [0.15, 0.2) is 22.5 Å². The molecule has 57 heavy (non-hydrogen) atoms. The molecular formula is C31H42N4O19P2S. The summed E-state index contributed by atoms with van der Waals surface area (Å²) in [4.78, 5) is 82.8. The molecule has 2 amide bonds. The van der Waals surface area contributed by atoms with Gasteiger partial charge in [0.1, 0.15) is 4.88 Å². The van der Waals surface area contributed by atoms with Crippen LogP contribution in [0.3, 0.4) is 0 Å². The molecule has 0 spiro atoms. The number of ether oxygens (including phenoxy) is 4. The molecule has 2 aliphatic rings. The monoisotopic (exact) mass is 868 g/mol. The maximum absolute atomic E-state index is 13.6. The van der Waals surface area contributed by atoms with E-state index >= 15 is 0 Å². The van der Waals surface area contributed by atoms with E-state index < -0.39 is 101 Å². The predicted molar refractivity (Wildman–Crippen MR) is 188 cm³/mol. The van der Waals surface area contributed by atoms with Crippen LogP contribution in [0, 0.1) is 17.8 Å². The van der Waals surface area contributed by atoms with Gasteiger partial charge in [0.05, 0.1) is 57.7 Å². The smallest absolute Gasteiger partial charge is 0.469 e. The maximum atomic E-state index is 13.6. The summed E-state index contributed by atoms with van der Waals surface area (Å²) in [6, 6.07) is 0. The molecule has 316 valence electrons. The van der Waals surface area contributed by atoms with Gasteiger partial charge in [-0.05, 0) is 19.8 Å². The Morgan fingerprint density at radius 3 is 1.74 bits per heavy atom. The van der Waals surface area contributed by atoms with Crippen LogP contribution in [0.2, 0.25) is 0 Å². The topological polar surface area (TPSA) is 292 Å². The standard InChI is InChI=1S/C31H42N4O19P2S/c1-19-23(57-16-35-19)29(41)48-18-52-56(43)50-14-31(3,25(54-56)27(39)34-11-7-22(37)45-5)9-8-30(2)13-49-55(42,51-17-47-28(40)20-12-32-15-46-20)53-24(30)26(38)33-10-6-21(36)44-4/h12,15-16,24-25H,6-11,13-14,17-18H2,1-5H3,(H,33,38)(H,34,39)/t24-,25-,30?,31?,55+,56-/m0/s1. The van der Waals surface area contributed by atoms with Crippen molar-refractivity contribution in [1.82, 2.24) is 20.6 Å². The first-order chi connectivity index (χ1) is 27.0. The second-order valence-electron chi connectivity index (χ2n) is 12.9. The summed E-state index contributed by atoms with van der Waals surface area (Å²) in [5, 5.41) is 5.05. The molecule has 2 N–H and O–H groups in total. The number of thiazole rings is 1. The van der Waals surface area contributed by atoms with E-state index in [1.54, 1.807) is 20.8 Å². The number of aryl methyl sites for hydroxylation is 1. The van der Waals surface area contributed by atoms with Crippen LogP contribution < -0.4 is 10.6 Å². The van der Waals surface area contributed by atoms with E-state index in [0.29, 0.717) is 5.69 Å². The molecule has 23 nitrogen and oxygen atoms in total. The number of amides is 2. The normalized spacial score (nSPS) is 27.1. The third-order valence-electron chi connectivity index (χ3n) is 8.66. The molecule has 2 aromatic rings. The number of carbonyl (C=O) groups excluding carboxylic acids is 6. The number of esters is 4. The fraction of sp³-hybridized carbons (Fsp3) is 0.613. The Bertz CT molecular complexity index is 1860. The molecule has 2 fully saturated rings. The predicted octanol–water partition coefficient (Wildman–Crippen LogP) is 2.60. The van der Waals surface area contributed by atoms with Crippen molar-refractivity contribution in [2.75, 3.05) is 54.1 Å². The Kier molecular flexibility index (Phi) is 16.0. The molecule has 2 saturated heterocycles. The minimum atomic E-state index is -4.59. The average molecular weight is 869 g/mol. The van der Waals surface area contributed by atoms with Crippen LogP contribution in [0.4, 0.5) is 0 Å². The van der Waals surface area contributed by atoms with E-state index in [4.69, 9.17) is 41.0 Å². The molecule has 0 bridgehead atoms. The molecule has 2 unspecified atom stereocenters. The fourth-order valence-corrected chi connectivity index (χ4v) is 8.80. The molecule has 4 rings (SSSR count). The fourth-order valence-electron chi connectivity index (χ4n) is 5.22. The van der Waals surface area contributed by atoms with Crippen molar-refractivity contribution < 1.29 is 88.4 Å². The number of oxazole rings is 1. The Morgan fingerprint density at radius 2 is 1.32 bits per heavy atom. The van der Waals surface area contributed by atoms with Crippen molar-refractivity contribution in [1.29, 1.82) is 0 Å². The number of phosphoric acid groups is 2. The maximum Gasteiger partial charge on any atom is 0.478 e. The number of carbonyl (C=O) groups is 6. The molecular weight excluding hydrogens is 826 g/mol. The summed E-state index contributed by atoms with van der Waals surface area (Å²) in [6.07, 6.45) is -1.61. The molecule has 2 aliphatic heterocycles. The summed E-state index contributed by atoms with van der Waals surface area (Å²) < 4.78 is 83.8. The van der Waals surface area contributed by atoms with Gasteiger partial charge in [0.25, 0.3) is 0 Å². The zero-order chi connectivity index (χ0) is 41.9. The van der Waals surface area contributed by atoms with Crippen LogP contribution in [-0.4, -0.2) is 112 Å². The van der Waals surface area contributed by atoms with Crippen molar-refractivity contribution in [2.24, 2.45) is 10.8 Å². The summed E-state index contributed by atoms with van der Waals surface area (Å²) in [7, 11) is -6.82. The molecule has 0 saturated carbocycles. The van der Waals surface area contributed by atoms with Crippen molar-refractivity contribution >= 4 is 62.7 Å². The van der Waals surface area contributed by atoms with Gasteiger partial charge in [0, 0.05) is 23.9 Å². The lowest BCUT2D eigenvalue weighted by Crippen LogP contribution is -2.54. The highest BCUT2D eigenvalue weighted by molar-refractivity contribution is 7.48. The molecule has 0 radical (unpaired) electrons. The van der Waals surface area contributed by atoms with Crippen LogP contribution in [-0.2, 0) is 74.4 Å². The third kappa shape index (κ3) is 12.4. The van der Waals surface area contributed by atoms with Gasteiger partial charge in [-0.1, -0.05) is 13.8 Å². The number of aromatic nitrogens is 2. The number of phosphoric ester groups is 2. The second kappa shape index (κ2) is 20.0. The van der Waals surface area contributed by atoms with Gasteiger partial charge in [-0.2, -0.15) is 0 Å². The lowest BCUT2D eigenvalue weighted by Gasteiger charge is -2.46. The molecule has 0 aromatic carbocycles. The second-order valence-corrected chi connectivity index (χ2v) is 17.0. The third-order valence-corrected chi connectivity index (χ3v) is 12.2. The van der Waals surface area contributed by atoms with Crippen molar-refractivity contribution in [3.05, 3.63) is 34.4 Å². The van der Waals surface area contributed by atoms with Gasteiger partial charge in [-0.3, -0.25) is 37.3 Å². The highest BCUT2D eigenvalue weighted by Crippen LogP contribution is 2.61. The van der Waals surface area contributed by atoms with Gasteiger partial charge < -0.3 is 34.0 Å². The number of rotatable bonds is 19. The van der Waals surface area contributed by atoms with Crippen LogP contribution in [0.25, 0.3) is 0 Å². The Hall–Kier alpha value is -4.12. The molecule has 2 aromatic heterocycles. The SMILES string of the molecule is COC(=O)CCNC(=O)[C@@H]1O[P@@](=O)(OCOC(=O)c2cnco2)OCC1(C)CCC1(C)CO[P@@](=O)(OCOC(=O)c2scnc2C)O[C@H]1C(=O)NCCC(=O)OC. The molecule has 6 atom stereocenters. The zero-order valence-electron chi connectivity index (χ0n) is 31.4. The minimum Gasteiger partial charge on any atom is -0.469 e. The molecule has 4 heterocycles. The Balaban J connectivity index is 1.49. The van der Waals surface area contributed by atoms with Gasteiger partial charge in [-0.15, -0.1) is 11.3 Å². The van der Waals surface area contributed by atoms with Gasteiger partial charge in [0.2, 0.25) is 31.2 Å².